The highest BCUT2D eigenvalue weighted by atomic mass is 16.5. The van der Waals surface area contributed by atoms with E-state index in [0.717, 1.165) is 5.69 Å². The van der Waals surface area contributed by atoms with Gasteiger partial charge in [0, 0.05) is 0 Å². The largest absolute Gasteiger partial charge is 0.451 e. The Balaban J connectivity index is 1.79. The number of ketones is 1. The number of benzene rings is 1. The highest BCUT2D eigenvalue weighted by Gasteiger charge is 2.26. The van der Waals surface area contributed by atoms with Crippen LogP contribution in [0.15, 0.2) is 30.3 Å². The van der Waals surface area contributed by atoms with Gasteiger partial charge in [-0.05, 0) is 26.0 Å². The number of carbonyl (C=O) groups is 2. The Hall–Kier alpha value is -3.82. The maximum Gasteiger partial charge on any atom is 0.380 e. The van der Waals surface area contributed by atoms with Crippen LogP contribution in [0.4, 0.5) is 11.9 Å². The lowest BCUT2D eigenvalue weighted by Gasteiger charge is -2.06. The van der Waals surface area contributed by atoms with Crippen molar-refractivity contribution in [2.24, 2.45) is 0 Å². The minimum absolute atomic E-state index is 0.0505. The third-order valence-corrected chi connectivity index (χ3v) is 3.75. The van der Waals surface area contributed by atoms with Crippen molar-refractivity contribution in [2.75, 3.05) is 11.5 Å². The molecule has 0 saturated carbocycles. The Labute approximate surface area is 154 Å². The summed E-state index contributed by atoms with van der Waals surface area (Å²) in [4.78, 5) is 35.9. The molecule has 0 spiro atoms. The van der Waals surface area contributed by atoms with Crippen molar-refractivity contribution >= 4 is 23.6 Å². The molecule has 138 valence electrons. The van der Waals surface area contributed by atoms with Crippen LogP contribution in [-0.2, 0) is 16.1 Å². The number of ether oxygens (including phenoxy) is 1. The average Bonchev–Trinajstić information content (AvgIpc) is 2.93. The van der Waals surface area contributed by atoms with Crippen LogP contribution in [-0.4, -0.2) is 36.5 Å². The van der Waals surface area contributed by atoms with Gasteiger partial charge >= 0.3 is 5.97 Å². The molecule has 0 aliphatic heterocycles. The summed E-state index contributed by atoms with van der Waals surface area (Å²) in [6, 6.07) is 9.28. The molecule has 0 saturated heterocycles. The van der Waals surface area contributed by atoms with Gasteiger partial charge in [-0.25, -0.2) is 9.48 Å². The van der Waals surface area contributed by atoms with Crippen molar-refractivity contribution in [1.29, 1.82) is 0 Å². The summed E-state index contributed by atoms with van der Waals surface area (Å²) < 4.78 is 6.59. The van der Waals surface area contributed by atoms with Gasteiger partial charge in [0.1, 0.15) is 0 Å². The standard InChI is InChI=1S/C17H17N7O3/c1-9-13(10(2)24(23-9)11-6-4-3-5-7-11)14(25)15(26)27-8-12-20-16(18)22-17(19)21-12/h3-7H,8H2,1-2H3,(H4,18,19,20,21,22). The Morgan fingerprint density at radius 1 is 1.04 bits per heavy atom. The van der Waals surface area contributed by atoms with E-state index in [0.29, 0.717) is 11.4 Å². The van der Waals surface area contributed by atoms with Crippen molar-refractivity contribution in [3.63, 3.8) is 0 Å². The summed E-state index contributed by atoms with van der Waals surface area (Å²) in [5, 5.41) is 4.35. The maximum atomic E-state index is 12.6. The van der Waals surface area contributed by atoms with E-state index in [4.69, 9.17) is 16.2 Å². The smallest absolute Gasteiger partial charge is 0.380 e. The second-order valence-corrected chi connectivity index (χ2v) is 5.67. The lowest BCUT2D eigenvalue weighted by molar-refractivity contribution is -0.139. The zero-order chi connectivity index (χ0) is 19.6. The van der Waals surface area contributed by atoms with Crippen LogP contribution in [0.25, 0.3) is 5.69 Å². The summed E-state index contributed by atoms with van der Waals surface area (Å²) in [5.41, 5.74) is 12.8. The van der Waals surface area contributed by atoms with Crippen LogP contribution in [0.1, 0.15) is 27.6 Å². The Morgan fingerprint density at radius 2 is 1.67 bits per heavy atom. The number of nitrogen functional groups attached to an aromatic ring is 2. The number of aromatic nitrogens is 5. The first-order valence-corrected chi connectivity index (χ1v) is 7.96. The lowest BCUT2D eigenvalue weighted by atomic mass is 10.1. The van der Waals surface area contributed by atoms with Gasteiger partial charge in [-0.3, -0.25) is 4.79 Å². The molecule has 4 N–H and O–H groups in total. The number of nitrogens with zero attached hydrogens (tertiary/aromatic N) is 5. The fourth-order valence-electron chi connectivity index (χ4n) is 2.61. The van der Waals surface area contributed by atoms with Crippen LogP contribution in [0.3, 0.4) is 0 Å². The first kappa shape index (κ1) is 18.0. The highest BCUT2D eigenvalue weighted by molar-refractivity contribution is 6.41. The third-order valence-electron chi connectivity index (χ3n) is 3.75. The van der Waals surface area contributed by atoms with Gasteiger partial charge in [0.15, 0.2) is 12.4 Å². The van der Waals surface area contributed by atoms with Crippen molar-refractivity contribution in [2.45, 2.75) is 20.5 Å². The number of aryl methyl sites for hydroxylation is 1. The molecule has 0 aliphatic carbocycles. The number of hydrogen-bond acceptors (Lipinski definition) is 9. The van der Waals surface area contributed by atoms with Crippen LogP contribution in [0.5, 0.6) is 0 Å². The molecule has 0 fully saturated rings. The Bertz CT molecular complexity index is 995. The van der Waals surface area contributed by atoms with E-state index in [1.165, 1.54) is 0 Å². The molecule has 0 amide bonds. The molecule has 27 heavy (non-hydrogen) atoms. The molecule has 1 aromatic carbocycles. The molecule has 0 bridgehead atoms. The van der Waals surface area contributed by atoms with Gasteiger partial charge in [-0.2, -0.15) is 20.1 Å². The van der Waals surface area contributed by atoms with E-state index >= 15 is 0 Å². The topological polar surface area (TPSA) is 152 Å². The lowest BCUT2D eigenvalue weighted by Crippen LogP contribution is -2.20. The van der Waals surface area contributed by atoms with E-state index in [-0.39, 0.29) is 29.9 Å². The molecular weight excluding hydrogens is 350 g/mol. The first-order chi connectivity index (χ1) is 12.9. The van der Waals surface area contributed by atoms with Gasteiger partial charge in [-0.1, -0.05) is 18.2 Å². The van der Waals surface area contributed by atoms with Crippen molar-refractivity contribution in [1.82, 2.24) is 24.7 Å². The molecule has 10 nitrogen and oxygen atoms in total. The number of rotatable bonds is 5. The molecule has 3 aromatic rings. The van der Waals surface area contributed by atoms with E-state index in [1.807, 2.05) is 30.3 Å². The summed E-state index contributed by atoms with van der Waals surface area (Å²) in [7, 11) is 0. The SMILES string of the molecule is Cc1nn(-c2ccccc2)c(C)c1C(=O)C(=O)OCc1nc(N)nc(N)n1. The zero-order valence-corrected chi connectivity index (χ0v) is 14.7. The minimum atomic E-state index is -1.05. The van der Waals surface area contributed by atoms with Crippen LogP contribution in [0.2, 0.25) is 0 Å². The fraction of sp³-hybridized carbons (Fsp3) is 0.176. The van der Waals surface area contributed by atoms with Gasteiger partial charge in [-0.15, -0.1) is 0 Å². The molecule has 2 heterocycles. The second kappa shape index (κ2) is 7.20. The number of carbonyl (C=O) groups excluding carboxylic acids is 2. The summed E-state index contributed by atoms with van der Waals surface area (Å²) in [6.07, 6.45) is 0. The Morgan fingerprint density at radius 3 is 2.30 bits per heavy atom. The van der Waals surface area contributed by atoms with Gasteiger partial charge in [0.25, 0.3) is 5.78 Å². The summed E-state index contributed by atoms with van der Waals surface area (Å²) in [6.45, 7) is 3.01. The second-order valence-electron chi connectivity index (χ2n) is 5.67. The maximum absolute atomic E-state index is 12.6. The molecule has 3 rings (SSSR count). The van der Waals surface area contributed by atoms with Crippen molar-refractivity contribution in [3.8, 4) is 5.69 Å². The molecule has 0 atom stereocenters. The molecule has 10 heteroatoms. The van der Waals surface area contributed by atoms with Crippen molar-refractivity contribution in [3.05, 3.63) is 53.1 Å². The molecule has 0 radical (unpaired) electrons. The zero-order valence-electron chi connectivity index (χ0n) is 14.7. The normalized spacial score (nSPS) is 10.6. The summed E-state index contributed by atoms with van der Waals surface area (Å²) >= 11 is 0. The fourth-order valence-corrected chi connectivity index (χ4v) is 2.61. The number of esters is 1. The summed E-state index contributed by atoms with van der Waals surface area (Å²) in [5.74, 6) is -2.01. The number of Topliss-reactive ketones (excluding diaryl/α,β-unsaturated/α-hetero) is 1. The van der Waals surface area contributed by atoms with E-state index < -0.39 is 11.8 Å². The predicted octanol–water partition coefficient (Wildman–Crippen LogP) is 0.765. The predicted molar refractivity (Wildman–Crippen MR) is 95.8 cm³/mol. The quantitative estimate of drug-likeness (QED) is 0.378. The number of anilines is 2. The van der Waals surface area contributed by atoms with Crippen LogP contribution < -0.4 is 11.5 Å². The molecule has 2 aromatic heterocycles. The monoisotopic (exact) mass is 367 g/mol. The van der Waals surface area contributed by atoms with E-state index in [9.17, 15) is 9.59 Å². The molecular formula is C17H17N7O3. The van der Waals surface area contributed by atoms with Crippen LogP contribution >= 0.6 is 0 Å². The van der Waals surface area contributed by atoms with Gasteiger partial charge < -0.3 is 16.2 Å². The molecule has 0 aliphatic rings. The average molecular weight is 367 g/mol. The van der Waals surface area contributed by atoms with Gasteiger partial charge in [0.05, 0.1) is 22.6 Å². The minimum Gasteiger partial charge on any atom is -0.451 e. The Kier molecular flexibility index (Phi) is 4.79. The van der Waals surface area contributed by atoms with E-state index in [2.05, 4.69) is 20.1 Å². The highest BCUT2D eigenvalue weighted by Crippen LogP contribution is 2.19. The third kappa shape index (κ3) is 3.73. The number of hydrogen-bond donors (Lipinski definition) is 2. The van der Waals surface area contributed by atoms with Gasteiger partial charge in [0.2, 0.25) is 11.9 Å². The number of para-hydroxylation sites is 1. The van der Waals surface area contributed by atoms with Crippen LogP contribution in [0, 0.1) is 13.8 Å². The molecule has 0 unspecified atom stereocenters. The number of nitrogens with two attached hydrogens (primary N) is 2. The van der Waals surface area contributed by atoms with Crippen molar-refractivity contribution < 1.29 is 14.3 Å². The first-order valence-electron chi connectivity index (χ1n) is 7.96. The van der Waals surface area contributed by atoms with E-state index in [1.54, 1.807) is 18.5 Å².